The Labute approximate surface area is 266 Å². The van der Waals surface area contributed by atoms with Gasteiger partial charge in [0.2, 0.25) is 5.91 Å². The van der Waals surface area contributed by atoms with Crippen molar-refractivity contribution >= 4 is 34.9 Å². The summed E-state index contributed by atoms with van der Waals surface area (Å²) >= 11 is 0. The molecule has 0 radical (unpaired) electrons. The highest BCUT2D eigenvalue weighted by Gasteiger charge is 2.28. The Bertz CT molecular complexity index is 2000. The number of nitrogens with two attached hydrogens (primary N) is 1. The van der Waals surface area contributed by atoms with Crippen LogP contribution >= 0.6 is 0 Å². The largest absolute Gasteiger partial charge is 0.382 e. The quantitative estimate of drug-likeness (QED) is 0.260. The topological polar surface area (TPSA) is 141 Å². The molecule has 0 spiro atoms. The number of pyridine rings is 2. The second-order valence-electron chi connectivity index (χ2n) is 11.8. The van der Waals surface area contributed by atoms with Gasteiger partial charge in [-0.15, -0.1) is 0 Å². The zero-order valence-corrected chi connectivity index (χ0v) is 26.1. The number of nitrogens with zero attached hydrogens (tertiary/aromatic N) is 6. The fourth-order valence-electron chi connectivity index (χ4n) is 6.15. The second kappa shape index (κ2) is 12.4. The summed E-state index contributed by atoms with van der Waals surface area (Å²) in [5.74, 6) is 0.605. The van der Waals surface area contributed by atoms with Crippen LogP contribution in [0.1, 0.15) is 59.9 Å². The van der Waals surface area contributed by atoms with E-state index in [-0.39, 0.29) is 23.3 Å². The first-order valence-electron chi connectivity index (χ1n) is 15.3. The molecular formula is C35H36N8O3. The third-order valence-corrected chi connectivity index (χ3v) is 8.61. The Hall–Kier alpha value is -5.58. The van der Waals surface area contributed by atoms with Crippen LogP contribution in [0.2, 0.25) is 0 Å². The number of carbonyl (C=O) groups is 2. The lowest BCUT2D eigenvalue weighted by atomic mass is 9.92. The molecule has 1 saturated heterocycles. The van der Waals surface area contributed by atoms with E-state index < -0.39 is 11.5 Å². The lowest BCUT2D eigenvalue weighted by Crippen LogP contribution is -2.40. The van der Waals surface area contributed by atoms with E-state index in [0.29, 0.717) is 47.2 Å². The van der Waals surface area contributed by atoms with Crippen molar-refractivity contribution in [1.29, 1.82) is 0 Å². The van der Waals surface area contributed by atoms with Crippen molar-refractivity contribution in [2.75, 3.05) is 24.1 Å². The second-order valence-corrected chi connectivity index (χ2v) is 11.8. The standard InChI is InChI=1S/C35H36N8O3/c1-5-23-18-28(35(46)42(22(23)4)30-8-6-7-15-37-30)33(44)40-26-11-9-24(10-12-26)27-19-29(43-31(27)32(36)38-20-39-43)25-13-16-41(17-14-25)34(45)21(2)3/h5-12,15,18-21,25H,1,13-14,16-17H2,2-4H3,(H,40,44)(H2,36,38,39). The van der Waals surface area contributed by atoms with E-state index in [1.807, 2.05) is 35.4 Å². The van der Waals surface area contributed by atoms with Gasteiger partial charge in [-0.05, 0) is 67.3 Å². The Kier molecular flexibility index (Phi) is 8.23. The van der Waals surface area contributed by atoms with Gasteiger partial charge >= 0.3 is 0 Å². The molecule has 2 amide bonds. The Morgan fingerprint density at radius 1 is 1.07 bits per heavy atom. The van der Waals surface area contributed by atoms with Gasteiger partial charge in [0.25, 0.3) is 11.5 Å². The average Bonchev–Trinajstić information content (AvgIpc) is 3.46. The number of likely N-dealkylation sites (tertiary alicyclic amines) is 1. The number of carbonyl (C=O) groups excluding carboxylic acids is 2. The van der Waals surface area contributed by atoms with E-state index >= 15 is 0 Å². The summed E-state index contributed by atoms with van der Waals surface area (Å²) in [7, 11) is 0. The Balaban J connectivity index is 1.27. The molecule has 0 aliphatic carbocycles. The van der Waals surface area contributed by atoms with Crippen LogP contribution in [0.15, 0.2) is 78.5 Å². The summed E-state index contributed by atoms with van der Waals surface area (Å²) in [6.45, 7) is 10.9. The van der Waals surface area contributed by atoms with Crippen molar-refractivity contribution in [1.82, 2.24) is 29.0 Å². The lowest BCUT2D eigenvalue weighted by molar-refractivity contribution is -0.135. The van der Waals surface area contributed by atoms with Crippen LogP contribution in [0.25, 0.3) is 28.5 Å². The van der Waals surface area contributed by atoms with Crippen LogP contribution < -0.4 is 16.6 Å². The van der Waals surface area contributed by atoms with Crippen LogP contribution in [-0.4, -0.2) is 54.0 Å². The molecule has 1 aliphatic heterocycles. The van der Waals surface area contributed by atoms with E-state index in [1.165, 1.54) is 10.9 Å². The average molecular weight is 617 g/mol. The zero-order valence-electron chi connectivity index (χ0n) is 26.1. The molecule has 3 N–H and O–H groups in total. The number of rotatable bonds is 7. The zero-order chi connectivity index (χ0) is 32.5. The molecule has 1 aromatic carbocycles. The number of hydrogen-bond acceptors (Lipinski definition) is 7. The third kappa shape index (κ3) is 5.55. The number of benzene rings is 1. The molecule has 0 atom stereocenters. The molecule has 4 aromatic heterocycles. The van der Waals surface area contributed by atoms with Gasteiger partial charge in [-0.25, -0.2) is 14.5 Å². The molecular weight excluding hydrogens is 580 g/mol. The van der Waals surface area contributed by atoms with Crippen molar-refractivity contribution in [3.63, 3.8) is 0 Å². The molecule has 11 nitrogen and oxygen atoms in total. The van der Waals surface area contributed by atoms with E-state index in [4.69, 9.17) is 5.73 Å². The molecule has 11 heteroatoms. The molecule has 5 heterocycles. The van der Waals surface area contributed by atoms with Crippen LogP contribution in [0.5, 0.6) is 0 Å². The van der Waals surface area contributed by atoms with Gasteiger partial charge in [0.05, 0.1) is 0 Å². The summed E-state index contributed by atoms with van der Waals surface area (Å²) in [6, 6.07) is 16.3. The first kappa shape index (κ1) is 30.4. The monoisotopic (exact) mass is 616 g/mol. The van der Waals surface area contributed by atoms with Crippen molar-refractivity contribution in [3.05, 3.63) is 107 Å². The van der Waals surface area contributed by atoms with Crippen LogP contribution in [0.4, 0.5) is 11.5 Å². The molecule has 5 aromatic rings. The molecule has 46 heavy (non-hydrogen) atoms. The lowest BCUT2D eigenvalue weighted by Gasteiger charge is -2.33. The van der Waals surface area contributed by atoms with Gasteiger partial charge < -0.3 is 16.0 Å². The van der Waals surface area contributed by atoms with Crippen molar-refractivity contribution < 1.29 is 9.59 Å². The number of nitrogens with one attached hydrogen (secondary N) is 1. The summed E-state index contributed by atoms with van der Waals surface area (Å²) < 4.78 is 3.28. The third-order valence-electron chi connectivity index (χ3n) is 8.61. The molecule has 0 saturated carbocycles. The number of anilines is 2. The van der Waals surface area contributed by atoms with Gasteiger partial charge in [0.1, 0.15) is 23.2 Å². The van der Waals surface area contributed by atoms with Gasteiger partial charge in [0, 0.05) is 53.8 Å². The minimum Gasteiger partial charge on any atom is -0.382 e. The first-order valence-corrected chi connectivity index (χ1v) is 15.3. The highest BCUT2D eigenvalue weighted by atomic mass is 16.2. The fourth-order valence-corrected chi connectivity index (χ4v) is 6.15. The summed E-state index contributed by atoms with van der Waals surface area (Å²) in [5, 5.41) is 7.40. The molecule has 1 fully saturated rings. The highest BCUT2D eigenvalue weighted by Crippen LogP contribution is 2.37. The predicted octanol–water partition coefficient (Wildman–Crippen LogP) is 5.09. The minimum absolute atomic E-state index is 0.0237. The number of amides is 2. The van der Waals surface area contributed by atoms with Crippen molar-refractivity contribution in [2.24, 2.45) is 5.92 Å². The van der Waals surface area contributed by atoms with Crippen LogP contribution in [-0.2, 0) is 4.79 Å². The number of fused-ring (bicyclic) bond motifs is 1. The summed E-state index contributed by atoms with van der Waals surface area (Å²) in [4.78, 5) is 49.9. The smallest absolute Gasteiger partial charge is 0.269 e. The summed E-state index contributed by atoms with van der Waals surface area (Å²) in [6.07, 6.45) is 6.32. The molecule has 1 aliphatic rings. The van der Waals surface area contributed by atoms with E-state index in [9.17, 15) is 14.4 Å². The predicted molar refractivity (Wildman–Crippen MR) is 179 cm³/mol. The molecule has 234 valence electrons. The number of nitrogen functional groups attached to an aromatic ring is 1. The van der Waals surface area contributed by atoms with Gasteiger partial charge in [-0.3, -0.25) is 19.0 Å². The number of hydrogen-bond donors (Lipinski definition) is 2. The van der Waals surface area contributed by atoms with E-state index in [2.05, 4.69) is 33.0 Å². The normalized spacial score (nSPS) is 13.7. The van der Waals surface area contributed by atoms with Crippen molar-refractivity contribution in [2.45, 2.75) is 39.5 Å². The summed E-state index contributed by atoms with van der Waals surface area (Å²) in [5.41, 5.74) is 11.2. The van der Waals surface area contributed by atoms with Crippen molar-refractivity contribution in [3.8, 4) is 16.9 Å². The molecule has 6 rings (SSSR count). The fraction of sp³-hybridized carbons (Fsp3) is 0.257. The highest BCUT2D eigenvalue weighted by molar-refractivity contribution is 6.04. The maximum atomic E-state index is 13.5. The number of piperidine rings is 1. The van der Waals surface area contributed by atoms with Crippen LogP contribution in [0.3, 0.4) is 0 Å². The van der Waals surface area contributed by atoms with E-state index in [1.54, 1.807) is 55.6 Å². The number of aromatic nitrogens is 5. The van der Waals surface area contributed by atoms with Gasteiger partial charge in [-0.2, -0.15) is 5.10 Å². The van der Waals surface area contributed by atoms with Gasteiger partial charge in [0.15, 0.2) is 5.82 Å². The maximum Gasteiger partial charge on any atom is 0.269 e. The maximum absolute atomic E-state index is 13.5. The van der Waals surface area contributed by atoms with Crippen LogP contribution in [0, 0.1) is 12.8 Å². The van der Waals surface area contributed by atoms with E-state index in [0.717, 1.165) is 29.7 Å². The molecule has 0 bridgehead atoms. The van der Waals surface area contributed by atoms with Gasteiger partial charge in [-0.1, -0.05) is 44.7 Å². The SMILES string of the molecule is C=Cc1cc(C(=O)Nc2ccc(-c3cc(C4CCN(C(=O)C(C)C)CC4)n4ncnc(N)c34)cc2)c(=O)n(-c2ccccn2)c1C. The first-order chi connectivity index (χ1) is 22.2. The molecule has 0 unspecified atom stereocenters. The Morgan fingerprint density at radius 3 is 2.46 bits per heavy atom. The Morgan fingerprint density at radius 2 is 1.80 bits per heavy atom. The minimum atomic E-state index is -0.540.